The zero-order valence-electron chi connectivity index (χ0n) is 7.75. The van der Waals surface area contributed by atoms with E-state index in [4.69, 9.17) is 15.3 Å². The summed E-state index contributed by atoms with van der Waals surface area (Å²) in [5.74, 6) is -1.75. The number of carbonyl (C=O) groups is 1. The van der Waals surface area contributed by atoms with E-state index in [0.717, 1.165) is 0 Å². The Labute approximate surface area is 102 Å². The van der Waals surface area contributed by atoms with Crippen molar-refractivity contribution in [2.45, 2.75) is 36.8 Å². The molecule has 0 aromatic rings. The Balaban J connectivity index is 0.00000169. The van der Waals surface area contributed by atoms with Gasteiger partial charge in [0.2, 0.25) is 0 Å². The van der Waals surface area contributed by atoms with Gasteiger partial charge in [-0.2, -0.15) is 0 Å². The van der Waals surface area contributed by atoms with E-state index in [1.165, 1.54) is 0 Å². The molecular formula is C7H11NaO6. The van der Waals surface area contributed by atoms with E-state index in [1.54, 1.807) is 0 Å². The van der Waals surface area contributed by atoms with Crippen molar-refractivity contribution in [1.82, 2.24) is 0 Å². The molecule has 14 heavy (non-hydrogen) atoms. The molecule has 0 amide bonds. The summed E-state index contributed by atoms with van der Waals surface area (Å²) in [5.41, 5.74) is -2.25. The molecule has 0 saturated heterocycles. The average molecular weight is 214 g/mol. The van der Waals surface area contributed by atoms with Crippen molar-refractivity contribution in [3.05, 3.63) is 0 Å². The van der Waals surface area contributed by atoms with E-state index in [1.807, 2.05) is 0 Å². The van der Waals surface area contributed by atoms with Crippen LogP contribution in [0.5, 0.6) is 0 Å². The number of aliphatic carboxylic acids is 1. The largest absolute Gasteiger partial charge is 1.00 e. The molecule has 0 aromatic heterocycles. The van der Waals surface area contributed by atoms with Gasteiger partial charge in [0.05, 0.1) is 18.2 Å². The van der Waals surface area contributed by atoms with Gasteiger partial charge in [0.15, 0.2) is 0 Å². The molecule has 1 aliphatic carbocycles. The number of carboxylic acids is 1. The van der Waals surface area contributed by atoms with Gasteiger partial charge >= 0.3 is 29.6 Å². The molecule has 0 bridgehead atoms. The first-order valence-corrected chi connectivity index (χ1v) is 3.85. The number of aliphatic hydroxyl groups is 4. The summed E-state index contributed by atoms with van der Waals surface area (Å²) in [5, 5.41) is 46.9. The van der Waals surface area contributed by atoms with Gasteiger partial charge in [-0.05, 0) is 0 Å². The summed E-state index contributed by atoms with van der Waals surface area (Å²) < 4.78 is 0. The smallest absolute Gasteiger partial charge is 0.547 e. The first kappa shape index (κ1) is 14.3. The fourth-order valence-electron chi connectivity index (χ4n) is 1.44. The Morgan fingerprint density at radius 3 is 1.86 bits per heavy atom. The van der Waals surface area contributed by atoms with Crippen molar-refractivity contribution in [2.24, 2.45) is 0 Å². The molecule has 6 nitrogen and oxygen atoms in total. The predicted molar refractivity (Wildman–Crippen MR) is 37.2 cm³/mol. The van der Waals surface area contributed by atoms with Gasteiger partial charge in [-0.15, -0.1) is 0 Å². The van der Waals surface area contributed by atoms with Crippen molar-refractivity contribution in [3.63, 3.8) is 0 Å². The van der Waals surface area contributed by atoms with Gasteiger partial charge in [0.25, 0.3) is 0 Å². The SMILES string of the molecule is O=C([O-])C1(O)CC(O)C(O)C(O)C1.[Na+]. The predicted octanol–water partition coefficient (Wildman–Crippen LogP) is -6.65. The minimum atomic E-state index is -2.25. The summed E-state index contributed by atoms with van der Waals surface area (Å²) in [6, 6.07) is 0. The van der Waals surface area contributed by atoms with E-state index in [9.17, 15) is 15.0 Å². The van der Waals surface area contributed by atoms with Crippen molar-refractivity contribution >= 4 is 5.97 Å². The molecule has 4 N–H and O–H groups in total. The molecule has 0 heterocycles. The number of carboxylic acid groups (broad SMARTS) is 1. The number of hydrogen-bond donors (Lipinski definition) is 4. The molecule has 0 radical (unpaired) electrons. The summed E-state index contributed by atoms with van der Waals surface area (Å²) >= 11 is 0. The van der Waals surface area contributed by atoms with Crippen LogP contribution in [-0.2, 0) is 4.79 Å². The molecule has 0 spiro atoms. The van der Waals surface area contributed by atoms with E-state index in [-0.39, 0.29) is 29.6 Å². The summed E-state index contributed by atoms with van der Waals surface area (Å²) in [4.78, 5) is 10.4. The summed E-state index contributed by atoms with van der Waals surface area (Å²) in [7, 11) is 0. The third-order valence-electron chi connectivity index (χ3n) is 2.26. The Bertz CT molecular complexity index is 208. The topological polar surface area (TPSA) is 121 Å². The molecule has 1 rings (SSSR count). The molecular weight excluding hydrogens is 203 g/mol. The van der Waals surface area contributed by atoms with Crippen LogP contribution in [0.25, 0.3) is 0 Å². The Kier molecular flexibility index (Phi) is 5.00. The normalized spacial score (nSPS) is 42.7. The van der Waals surface area contributed by atoms with Gasteiger partial charge in [-0.1, -0.05) is 0 Å². The summed E-state index contributed by atoms with van der Waals surface area (Å²) in [6.45, 7) is 0. The standard InChI is InChI=1S/C7H12O6.Na/c8-3-1-7(13,6(11)12)2-4(9)5(3)10;/h3-5,8-10,13H,1-2H2,(H,11,12);/q;+1/p-1. The van der Waals surface area contributed by atoms with Crippen LogP contribution in [0.1, 0.15) is 12.8 Å². The van der Waals surface area contributed by atoms with Gasteiger partial charge < -0.3 is 30.3 Å². The fourth-order valence-corrected chi connectivity index (χ4v) is 1.44. The van der Waals surface area contributed by atoms with E-state index in [0.29, 0.717) is 0 Å². The Morgan fingerprint density at radius 1 is 1.21 bits per heavy atom. The third kappa shape index (κ3) is 2.66. The monoisotopic (exact) mass is 214 g/mol. The van der Waals surface area contributed by atoms with Crippen molar-refractivity contribution in [1.29, 1.82) is 0 Å². The van der Waals surface area contributed by atoms with Gasteiger partial charge in [0.1, 0.15) is 11.7 Å². The molecule has 2 atom stereocenters. The number of hydrogen-bond acceptors (Lipinski definition) is 6. The first-order valence-electron chi connectivity index (χ1n) is 3.85. The Hall–Kier alpha value is 0.310. The second-order valence-electron chi connectivity index (χ2n) is 3.35. The van der Waals surface area contributed by atoms with Crippen LogP contribution in [0, 0.1) is 0 Å². The van der Waals surface area contributed by atoms with E-state index >= 15 is 0 Å². The third-order valence-corrected chi connectivity index (χ3v) is 2.26. The van der Waals surface area contributed by atoms with Crippen LogP contribution < -0.4 is 34.7 Å². The van der Waals surface area contributed by atoms with Crippen LogP contribution in [0.4, 0.5) is 0 Å². The molecule has 0 aromatic carbocycles. The van der Waals surface area contributed by atoms with Gasteiger partial charge in [-0.3, -0.25) is 0 Å². The number of aliphatic hydroxyl groups excluding tert-OH is 3. The second-order valence-corrected chi connectivity index (χ2v) is 3.35. The molecule has 1 aliphatic rings. The molecule has 76 valence electrons. The average Bonchev–Trinajstić information content (AvgIpc) is 2.00. The van der Waals surface area contributed by atoms with Crippen molar-refractivity contribution in [3.8, 4) is 0 Å². The van der Waals surface area contributed by atoms with Crippen LogP contribution in [0.2, 0.25) is 0 Å². The minimum absolute atomic E-state index is 0. The van der Waals surface area contributed by atoms with Gasteiger partial charge in [-0.25, -0.2) is 0 Å². The summed E-state index contributed by atoms with van der Waals surface area (Å²) in [6.07, 6.45) is -5.39. The van der Waals surface area contributed by atoms with Crippen LogP contribution in [0.3, 0.4) is 0 Å². The van der Waals surface area contributed by atoms with Crippen molar-refractivity contribution in [2.75, 3.05) is 0 Å². The van der Waals surface area contributed by atoms with E-state index < -0.39 is 42.7 Å². The maximum atomic E-state index is 10.4. The Morgan fingerprint density at radius 2 is 1.57 bits per heavy atom. The number of carbonyl (C=O) groups excluding carboxylic acids is 1. The number of rotatable bonds is 1. The van der Waals surface area contributed by atoms with E-state index in [2.05, 4.69) is 0 Å². The molecule has 1 fully saturated rings. The van der Waals surface area contributed by atoms with Crippen LogP contribution in [-0.4, -0.2) is 50.3 Å². The quantitative estimate of drug-likeness (QED) is 0.322. The van der Waals surface area contributed by atoms with Crippen LogP contribution >= 0.6 is 0 Å². The van der Waals surface area contributed by atoms with Gasteiger partial charge in [0, 0.05) is 12.8 Å². The van der Waals surface area contributed by atoms with Crippen molar-refractivity contribution < 1.29 is 59.9 Å². The molecule has 7 heteroatoms. The maximum absolute atomic E-state index is 10.4. The zero-order chi connectivity index (χ0) is 10.2. The fraction of sp³-hybridized carbons (Fsp3) is 0.857. The molecule has 2 unspecified atom stereocenters. The second kappa shape index (κ2) is 4.89. The first-order chi connectivity index (χ1) is 5.87. The molecule has 1 saturated carbocycles. The maximum Gasteiger partial charge on any atom is 1.00 e. The molecule has 0 aliphatic heterocycles. The minimum Gasteiger partial charge on any atom is -0.547 e. The zero-order valence-corrected chi connectivity index (χ0v) is 9.75. The van der Waals surface area contributed by atoms with Crippen LogP contribution in [0.15, 0.2) is 0 Å².